The van der Waals surface area contributed by atoms with Crippen molar-refractivity contribution < 1.29 is 28.2 Å². The minimum Gasteiger partial charge on any atom is -0.396 e. The van der Waals surface area contributed by atoms with Crippen LogP contribution in [0.25, 0.3) is 0 Å². The molecule has 1 fully saturated rings. The van der Waals surface area contributed by atoms with Crippen molar-refractivity contribution >= 4 is 38.3 Å². The Morgan fingerprint density at radius 1 is 1.24 bits per heavy atom. The molecular weight excluding hydrogens is 468 g/mol. The molecule has 0 saturated heterocycles. The number of amides is 2. The van der Waals surface area contributed by atoms with Crippen molar-refractivity contribution in [1.29, 1.82) is 0 Å². The Morgan fingerprint density at radius 3 is 2.52 bits per heavy atom. The molecule has 0 aliphatic heterocycles. The molecule has 0 spiro atoms. The summed E-state index contributed by atoms with van der Waals surface area (Å²) in [6.45, 7) is 5.80. The molecule has 33 heavy (non-hydrogen) atoms. The van der Waals surface area contributed by atoms with E-state index in [1.54, 1.807) is 0 Å². The van der Waals surface area contributed by atoms with Gasteiger partial charge in [0.1, 0.15) is 0 Å². The summed E-state index contributed by atoms with van der Waals surface area (Å²) in [6, 6.07) is 0. The van der Waals surface area contributed by atoms with Crippen LogP contribution < -0.4 is 15.4 Å². The number of rotatable bonds is 8. The van der Waals surface area contributed by atoms with E-state index in [1.807, 2.05) is 6.92 Å². The molecule has 1 heterocycles. The molecule has 10 nitrogen and oxygen atoms in total. The maximum Gasteiger partial charge on any atom is 0.231 e. The van der Waals surface area contributed by atoms with Gasteiger partial charge in [0.05, 0.1) is 24.7 Å². The fourth-order valence-corrected chi connectivity index (χ4v) is 7.45. The van der Waals surface area contributed by atoms with Gasteiger partial charge < -0.3 is 20.8 Å². The predicted octanol–water partition coefficient (Wildman–Crippen LogP) is 0.573. The van der Waals surface area contributed by atoms with Gasteiger partial charge in [-0.25, -0.2) is 13.4 Å². The Morgan fingerprint density at radius 2 is 1.91 bits per heavy atom. The summed E-state index contributed by atoms with van der Waals surface area (Å²) < 4.78 is 26.0. The van der Waals surface area contributed by atoms with Crippen LogP contribution in [0.15, 0.2) is 0 Å². The molecule has 5 atom stereocenters. The largest absolute Gasteiger partial charge is 0.396 e. The second-order valence-corrected chi connectivity index (χ2v) is 12.6. The van der Waals surface area contributed by atoms with E-state index in [1.165, 1.54) is 18.3 Å². The number of hydrogen-bond donors (Lipinski definition) is 5. The maximum absolute atomic E-state index is 12.9. The first-order chi connectivity index (χ1) is 15.3. The van der Waals surface area contributed by atoms with E-state index in [4.69, 9.17) is 0 Å². The quantitative estimate of drug-likeness (QED) is 0.325. The first-order valence-corrected chi connectivity index (χ1v) is 13.8. The molecule has 5 N–H and O–H groups in total. The van der Waals surface area contributed by atoms with Gasteiger partial charge in [-0.3, -0.25) is 14.3 Å². The molecular formula is C21H34N4O6S2. The van der Waals surface area contributed by atoms with Gasteiger partial charge >= 0.3 is 0 Å². The van der Waals surface area contributed by atoms with Gasteiger partial charge in [-0.05, 0) is 30.6 Å². The maximum atomic E-state index is 12.9. The molecule has 186 valence electrons. The average Bonchev–Trinajstić information content (AvgIpc) is 3.10. The van der Waals surface area contributed by atoms with Gasteiger partial charge in [-0.1, -0.05) is 13.8 Å². The summed E-state index contributed by atoms with van der Waals surface area (Å²) in [5.41, 5.74) is -0.465. The Kier molecular flexibility index (Phi) is 7.42. The van der Waals surface area contributed by atoms with E-state index in [0.717, 1.165) is 11.1 Å². The normalized spacial score (nSPS) is 31.3. The molecule has 1 aromatic rings. The van der Waals surface area contributed by atoms with Crippen molar-refractivity contribution in [3.05, 3.63) is 10.6 Å². The van der Waals surface area contributed by atoms with Crippen LogP contribution in [-0.4, -0.2) is 67.5 Å². The van der Waals surface area contributed by atoms with E-state index in [-0.39, 0.29) is 41.8 Å². The van der Waals surface area contributed by atoms with Gasteiger partial charge in [-0.15, -0.1) is 11.3 Å². The lowest BCUT2D eigenvalue weighted by Gasteiger charge is -2.58. The van der Waals surface area contributed by atoms with Crippen LogP contribution in [0.4, 0.5) is 5.13 Å². The Bertz CT molecular complexity index is 1010. The van der Waals surface area contributed by atoms with Crippen molar-refractivity contribution in [2.45, 2.75) is 58.5 Å². The lowest BCUT2D eigenvalue weighted by atomic mass is 9.47. The van der Waals surface area contributed by atoms with Gasteiger partial charge in [0.2, 0.25) is 21.8 Å². The molecule has 12 heteroatoms. The molecule has 2 aliphatic carbocycles. The Balaban J connectivity index is 1.94. The van der Waals surface area contributed by atoms with E-state index in [9.17, 15) is 28.2 Å². The van der Waals surface area contributed by atoms with Gasteiger partial charge in [0.25, 0.3) is 0 Å². The van der Waals surface area contributed by atoms with Crippen molar-refractivity contribution in [2.24, 2.45) is 16.7 Å². The number of nitrogens with zero attached hydrogens (tertiary/aromatic N) is 1. The molecule has 2 aliphatic rings. The minimum atomic E-state index is -3.51. The fraction of sp³-hybridized carbons (Fsp3) is 0.762. The minimum absolute atomic E-state index is 0.116. The molecule has 0 radical (unpaired) electrons. The fourth-order valence-electron chi connectivity index (χ4n) is 5.55. The average molecular weight is 503 g/mol. The number of anilines is 1. The number of fused-ring (bicyclic) bond motifs is 2. The van der Waals surface area contributed by atoms with Crippen molar-refractivity contribution in [2.75, 3.05) is 30.7 Å². The summed E-state index contributed by atoms with van der Waals surface area (Å²) >= 11 is 1.24. The summed E-state index contributed by atoms with van der Waals surface area (Å²) in [5, 5.41) is 26.7. The zero-order chi connectivity index (χ0) is 24.6. The number of hydrogen-bond acceptors (Lipinski definition) is 8. The lowest BCUT2D eigenvalue weighted by Crippen LogP contribution is -2.57. The van der Waals surface area contributed by atoms with Crippen LogP contribution in [0.1, 0.15) is 56.5 Å². The number of nitrogens with one attached hydrogen (secondary N) is 3. The van der Waals surface area contributed by atoms with E-state index < -0.39 is 27.0 Å². The predicted molar refractivity (Wildman–Crippen MR) is 125 cm³/mol. The molecule has 1 saturated carbocycles. The number of thiazole rings is 1. The third kappa shape index (κ3) is 5.33. The standard InChI is InChI=1S/C21H34N4O6S2/c1-12(27)22-7-8-23-17(29)9-13-18-14(32-19(24-18)25-33(4,30)31)10-15-20(13,2)6-5-16(28)21(15,3)11-26/h13,15-16,26,28H,5-11H2,1-4H3,(H,22,27)(H,23,29)(H,24,25). The molecule has 0 bridgehead atoms. The van der Waals surface area contributed by atoms with Crippen LogP contribution in [-0.2, 0) is 26.0 Å². The van der Waals surface area contributed by atoms with Gasteiger partial charge in [0.15, 0.2) is 5.13 Å². The first kappa shape index (κ1) is 25.9. The SMILES string of the molecule is CC(=O)NCCNC(=O)CC1c2nc(NS(C)(=O)=O)sc2CC2C(C)(CO)C(O)CCC12C. The van der Waals surface area contributed by atoms with Crippen molar-refractivity contribution in [3.63, 3.8) is 0 Å². The molecule has 2 amide bonds. The Hall–Kier alpha value is -1.76. The number of sulfonamides is 1. The lowest BCUT2D eigenvalue weighted by molar-refractivity contribution is -0.144. The van der Waals surface area contributed by atoms with Crippen molar-refractivity contribution in [3.8, 4) is 0 Å². The highest BCUT2D eigenvalue weighted by Gasteiger charge is 2.59. The summed E-state index contributed by atoms with van der Waals surface area (Å²) in [7, 11) is -3.51. The van der Waals surface area contributed by atoms with Crippen LogP contribution in [0.3, 0.4) is 0 Å². The Labute approximate surface area is 198 Å². The zero-order valence-corrected chi connectivity index (χ0v) is 21.1. The third-order valence-electron chi connectivity index (χ3n) is 7.38. The molecule has 3 rings (SSSR count). The van der Waals surface area contributed by atoms with Crippen LogP contribution in [0.2, 0.25) is 0 Å². The summed E-state index contributed by atoms with van der Waals surface area (Å²) in [4.78, 5) is 29.3. The molecule has 1 aromatic heterocycles. The summed E-state index contributed by atoms with van der Waals surface area (Å²) in [6.07, 6.45) is 2.23. The van der Waals surface area contributed by atoms with Gasteiger partial charge in [0, 0.05) is 42.6 Å². The summed E-state index contributed by atoms with van der Waals surface area (Å²) in [5.74, 6) is -0.790. The van der Waals surface area contributed by atoms with Crippen LogP contribution in [0.5, 0.6) is 0 Å². The number of aliphatic hydroxyl groups excluding tert-OH is 2. The monoisotopic (exact) mass is 502 g/mol. The van der Waals surface area contributed by atoms with Gasteiger partial charge in [-0.2, -0.15) is 0 Å². The smallest absolute Gasteiger partial charge is 0.231 e. The number of aliphatic hydroxyl groups is 2. The number of carbonyl (C=O) groups excluding carboxylic acids is 2. The highest BCUT2D eigenvalue weighted by Crippen LogP contribution is 2.62. The van der Waals surface area contributed by atoms with E-state index in [0.29, 0.717) is 38.0 Å². The molecule has 0 aromatic carbocycles. The second kappa shape index (κ2) is 9.47. The van der Waals surface area contributed by atoms with Crippen molar-refractivity contribution in [1.82, 2.24) is 15.6 Å². The van der Waals surface area contributed by atoms with Crippen LogP contribution >= 0.6 is 11.3 Å². The number of aromatic nitrogens is 1. The third-order valence-corrected chi connectivity index (χ3v) is 9.08. The first-order valence-electron chi connectivity index (χ1n) is 11.1. The zero-order valence-electron chi connectivity index (χ0n) is 19.5. The van der Waals surface area contributed by atoms with Crippen LogP contribution in [0, 0.1) is 16.7 Å². The van der Waals surface area contributed by atoms with E-state index in [2.05, 4.69) is 27.3 Å². The highest BCUT2D eigenvalue weighted by atomic mass is 32.2. The topological polar surface area (TPSA) is 158 Å². The molecule has 5 unspecified atom stereocenters. The number of carbonyl (C=O) groups is 2. The second-order valence-electron chi connectivity index (χ2n) is 9.77. The highest BCUT2D eigenvalue weighted by molar-refractivity contribution is 7.92. The van der Waals surface area contributed by atoms with E-state index >= 15 is 0 Å².